The molecule has 0 aliphatic rings. The second-order valence-electron chi connectivity index (χ2n) is 4.82. The Morgan fingerprint density at radius 1 is 1.25 bits per heavy atom. The first kappa shape index (κ1) is 16.4. The molecule has 0 bridgehead atoms. The van der Waals surface area contributed by atoms with Gasteiger partial charge < -0.3 is 10.1 Å². The number of esters is 1. The van der Waals surface area contributed by atoms with Gasteiger partial charge in [0.2, 0.25) is 0 Å². The van der Waals surface area contributed by atoms with E-state index in [1.165, 1.54) is 17.5 Å². The molecule has 0 spiro atoms. The van der Waals surface area contributed by atoms with Crippen molar-refractivity contribution in [3.8, 4) is 0 Å². The maximum Gasteiger partial charge on any atom is 0.341 e. The van der Waals surface area contributed by atoms with Gasteiger partial charge in [-0.05, 0) is 25.1 Å². The molecule has 0 saturated heterocycles. The van der Waals surface area contributed by atoms with Gasteiger partial charge in [-0.25, -0.2) is 9.78 Å². The summed E-state index contributed by atoms with van der Waals surface area (Å²) in [6.45, 7) is 1.99. The topological polar surface area (TPSA) is 68.3 Å². The molecule has 0 atom stereocenters. The molecular weight excluding hydrogens is 348 g/mol. The van der Waals surface area contributed by atoms with Crippen molar-refractivity contribution in [1.82, 2.24) is 4.98 Å². The fourth-order valence-corrected chi connectivity index (χ4v) is 3.56. The summed E-state index contributed by atoms with van der Waals surface area (Å²) in [7, 11) is 0. The van der Waals surface area contributed by atoms with Crippen LogP contribution in [0.1, 0.15) is 27.6 Å². The highest BCUT2D eigenvalue weighted by molar-refractivity contribution is 7.23. The average molecular weight is 361 g/mol. The van der Waals surface area contributed by atoms with E-state index in [1.54, 1.807) is 19.1 Å². The Labute approximate surface area is 147 Å². The van der Waals surface area contributed by atoms with E-state index in [0.717, 1.165) is 10.1 Å². The Morgan fingerprint density at radius 2 is 2.04 bits per heavy atom. The Kier molecular flexibility index (Phi) is 4.78. The molecular formula is C17H13ClN2O3S. The van der Waals surface area contributed by atoms with E-state index in [2.05, 4.69) is 10.3 Å². The van der Waals surface area contributed by atoms with Crippen molar-refractivity contribution in [1.29, 1.82) is 0 Å². The summed E-state index contributed by atoms with van der Waals surface area (Å²) in [4.78, 5) is 28.7. The molecule has 0 aliphatic heterocycles. The van der Waals surface area contributed by atoms with Crippen LogP contribution in [0, 0.1) is 0 Å². The SMILES string of the molecule is CCOC(=O)c1c(NC(=O)c2cccnc2Cl)sc2ccccc12. The minimum Gasteiger partial charge on any atom is -0.462 e. The van der Waals surface area contributed by atoms with Crippen molar-refractivity contribution in [3.63, 3.8) is 0 Å². The monoisotopic (exact) mass is 360 g/mol. The number of nitrogens with one attached hydrogen (secondary N) is 1. The van der Waals surface area contributed by atoms with Gasteiger partial charge in [0.05, 0.1) is 12.2 Å². The number of hydrogen-bond donors (Lipinski definition) is 1. The van der Waals surface area contributed by atoms with E-state index in [9.17, 15) is 9.59 Å². The van der Waals surface area contributed by atoms with E-state index >= 15 is 0 Å². The number of thiophene rings is 1. The number of halogens is 1. The third-order valence-corrected chi connectivity index (χ3v) is 4.69. The van der Waals surface area contributed by atoms with Gasteiger partial charge in [0, 0.05) is 16.3 Å². The van der Waals surface area contributed by atoms with Crippen molar-refractivity contribution in [2.24, 2.45) is 0 Å². The van der Waals surface area contributed by atoms with Gasteiger partial charge in [0.1, 0.15) is 15.7 Å². The maximum atomic E-state index is 12.5. The smallest absolute Gasteiger partial charge is 0.341 e. The van der Waals surface area contributed by atoms with Gasteiger partial charge in [-0.1, -0.05) is 29.8 Å². The van der Waals surface area contributed by atoms with Crippen LogP contribution in [0.4, 0.5) is 5.00 Å². The number of amides is 1. The van der Waals surface area contributed by atoms with E-state index in [1.807, 2.05) is 24.3 Å². The van der Waals surface area contributed by atoms with Gasteiger partial charge in [0.25, 0.3) is 5.91 Å². The summed E-state index contributed by atoms with van der Waals surface area (Å²) < 4.78 is 6.01. The number of fused-ring (bicyclic) bond motifs is 1. The second-order valence-corrected chi connectivity index (χ2v) is 6.23. The van der Waals surface area contributed by atoms with Gasteiger partial charge in [-0.2, -0.15) is 0 Å². The van der Waals surface area contributed by atoms with Gasteiger partial charge >= 0.3 is 5.97 Å². The predicted molar refractivity (Wildman–Crippen MR) is 95.0 cm³/mol. The first-order chi connectivity index (χ1) is 11.6. The summed E-state index contributed by atoms with van der Waals surface area (Å²) >= 11 is 7.27. The molecule has 3 aromatic rings. The Bertz CT molecular complexity index is 923. The molecule has 24 heavy (non-hydrogen) atoms. The van der Waals surface area contributed by atoms with Crippen molar-refractivity contribution in [2.75, 3.05) is 11.9 Å². The molecule has 1 aromatic carbocycles. The van der Waals surface area contributed by atoms with E-state index in [-0.39, 0.29) is 17.3 Å². The molecule has 2 heterocycles. The highest BCUT2D eigenvalue weighted by Gasteiger charge is 2.22. The molecule has 0 fully saturated rings. The summed E-state index contributed by atoms with van der Waals surface area (Å²) in [5.41, 5.74) is 0.595. The zero-order chi connectivity index (χ0) is 17.1. The summed E-state index contributed by atoms with van der Waals surface area (Å²) in [6, 6.07) is 10.6. The van der Waals surface area contributed by atoms with Crippen molar-refractivity contribution < 1.29 is 14.3 Å². The average Bonchev–Trinajstić information content (AvgIpc) is 2.93. The number of pyridine rings is 1. The van der Waals surface area contributed by atoms with E-state index in [0.29, 0.717) is 10.6 Å². The number of carbonyl (C=O) groups excluding carboxylic acids is 2. The molecule has 2 aromatic heterocycles. The molecule has 1 N–H and O–H groups in total. The molecule has 0 saturated carbocycles. The lowest BCUT2D eigenvalue weighted by Gasteiger charge is -2.07. The molecule has 7 heteroatoms. The third-order valence-electron chi connectivity index (χ3n) is 3.31. The Morgan fingerprint density at radius 3 is 2.79 bits per heavy atom. The molecule has 0 unspecified atom stereocenters. The van der Waals surface area contributed by atoms with Crippen molar-refractivity contribution in [2.45, 2.75) is 6.92 Å². The quantitative estimate of drug-likeness (QED) is 0.553. The minimum absolute atomic E-state index is 0.105. The lowest BCUT2D eigenvalue weighted by molar-refractivity contribution is 0.0530. The molecule has 0 radical (unpaired) electrons. The highest BCUT2D eigenvalue weighted by atomic mass is 35.5. The summed E-state index contributed by atoms with van der Waals surface area (Å²) in [6.07, 6.45) is 1.50. The molecule has 1 amide bonds. The minimum atomic E-state index is -0.470. The fraction of sp³-hybridized carbons (Fsp3) is 0.118. The van der Waals surface area contributed by atoms with Crippen molar-refractivity contribution >= 4 is 49.9 Å². The first-order valence-corrected chi connectivity index (χ1v) is 8.41. The number of anilines is 1. The van der Waals surface area contributed by atoms with E-state index < -0.39 is 11.9 Å². The zero-order valence-electron chi connectivity index (χ0n) is 12.7. The molecule has 5 nitrogen and oxygen atoms in total. The number of hydrogen-bond acceptors (Lipinski definition) is 5. The van der Waals surface area contributed by atoms with Crippen LogP contribution in [0.5, 0.6) is 0 Å². The number of benzene rings is 1. The van der Waals surface area contributed by atoms with Gasteiger partial charge in [0.15, 0.2) is 0 Å². The van der Waals surface area contributed by atoms with Crippen LogP contribution in [-0.4, -0.2) is 23.5 Å². The largest absolute Gasteiger partial charge is 0.462 e. The first-order valence-electron chi connectivity index (χ1n) is 7.22. The Balaban J connectivity index is 2.03. The molecule has 122 valence electrons. The second kappa shape index (κ2) is 6.98. The van der Waals surface area contributed by atoms with Crippen LogP contribution in [0.2, 0.25) is 5.15 Å². The van der Waals surface area contributed by atoms with Gasteiger partial charge in [-0.15, -0.1) is 11.3 Å². The number of ether oxygens (including phenoxy) is 1. The highest BCUT2D eigenvalue weighted by Crippen LogP contribution is 2.36. The zero-order valence-corrected chi connectivity index (χ0v) is 14.3. The van der Waals surface area contributed by atoms with Crippen LogP contribution in [0.15, 0.2) is 42.6 Å². The van der Waals surface area contributed by atoms with E-state index in [4.69, 9.17) is 16.3 Å². The van der Waals surface area contributed by atoms with Crippen molar-refractivity contribution in [3.05, 3.63) is 58.9 Å². The standard InChI is InChI=1S/C17H13ClN2O3S/c1-2-23-17(22)13-10-6-3-4-8-12(10)24-16(13)20-15(21)11-7-5-9-19-14(11)18/h3-9H,2H2,1H3,(H,20,21). The number of rotatable bonds is 4. The summed E-state index contributed by atoms with van der Waals surface area (Å²) in [5, 5.41) is 4.03. The Hall–Kier alpha value is -2.44. The summed E-state index contributed by atoms with van der Waals surface area (Å²) in [5.74, 6) is -0.896. The number of aromatic nitrogens is 1. The molecule has 3 rings (SSSR count). The van der Waals surface area contributed by atoms with Crippen LogP contribution in [0.3, 0.4) is 0 Å². The van der Waals surface area contributed by atoms with Crippen LogP contribution >= 0.6 is 22.9 Å². The normalized spacial score (nSPS) is 10.6. The number of carbonyl (C=O) groups is 2. The van der Waals surface area contributed by atoms with Gasteiger partial charge in [-0.3, -0.25) is 4.79 Å². The lowest BCUT2D eigenvalue weighted by Crippen LogP contribution is -2.15. The predicted octanol–water partition coefficient (Wildman–Crippen LogP) is 4.38. The third kappa shape index (κ3) is 3.11. The van der Waals surface area contributed by atoms with Crippen LogP contribution in [0.25, 0.3) is 10.1 Å². The maximum absolute atomic E-state index is 12.5. The fourth-order valence-electron chi connectivity index (χ4n) is 2.27. The lowest BCUT2D eigenvalue weighted by atomic mass is 10.1. The van der Waals surface area contributed by atoms with Crippen LogP contribution < -0.4 is 5.32 Å². The molecule has 0 aliphatic carbocycles. The van der Waals surface area contributed by atoms with Crippen LogP contribution in [-0.2, 0) is 4.74 Å². The number of nitrogens with zero attached hydrogens (tertiary/aromatic N) is 1.